The lowest BCUT2D eigenvalue weighted by molar-refractivity contribution is -0.131. The second-order valence-electron chi connectivity index (χ2n) is 4.92. The molecule has 0 bridgehead atoms. The van der Waals surface area contributed by atoms with Crippen LogP contribution in [0.3, 0.4) is 0 Å². The maximum absolute atomic E-state index is 10.7. The molecule has 3 nitrogen and oxygen atoms in total. The van der Waals surface area contributed by atoms with Crippen LogP contribution in [0.1, 0.15) is 16.0 Å². The van der Waals surface area contributed by atoms with E-state index in [1.165, 1.54) is 10.4 Å². The Bertz CT molecular complexity index is 708. The second kappa shape index (κ2) is 5.92. The first kappa shape index (κ1) is 14.2. The molecule has 21 heavy (non-hydrogen) atoms. The van der Waals surface area contributed by atoms with Gasteiger partial charge in [-0.15, -0.1) is 11.3 Å². The van der Waals surface area contributed by atoms with Crippen LogP contribution in [0.15, 0.2) is 35.7 Å². The molecule has 1 aromatic heterocycles. The summed E-state index contributed by atoms with van der Waals surface area (Å²) in [7, 11) is 0. The zero-order valence-electron chi connectivity index (χ0n) is 11.3. The minimum Gasteiger partial charge on any atom is -0.478 e. The number of carboxylic acid groups (broad SMARTS) is 1. The molecule has 0 saturated heterocycles. The third kappa shape index (κ3) is 3.12. The molecule has 1 N–H and O–H groups in total. The van der Waals surface area contributed by atoms with Crippen molar-refractivity contribution in [2.24, 2.45) is 0 Å². The molecule has 0 saturated carbocycles. The minimum absolute atomic E-state index is 0.661. The van der Waals surface area contributed by atoms with Gasteiger partial charge in [-0.25, -0.2) is 4.79 Å². The third-order valence-corrected chi connectivity index (χ3v) is 4.80. The number of carbonyl (C=O) groups is 1. The monoisotopic (exact) mass is 319 g/mol. The van der Waals surface area contributed by atoms with Crippen molar-refractivity contribution in [1.82, 2.24) is 0 Å². The Hall–Kier alpha value is -1.78. The van der Waals surface area contributed by atoms with Gasteiger partial charge in [-0.1, -0.05) is 17.7 Å². The first-order valence-electron chi connectivity index (χ1n) is 6.64. The fourth-order valence-corrected chi connectivity index (χ4v) is 3.60. The largest absolute Gasteiger partial charge is 0.478 e. The van der Waals surface area contributed by atoms with Crippen LogP contribution in [-0.2, 0) is 17.8 Å². The maximum atomic E-state index is 10.7. The summed E-state index contributed by atoms with van der Waals surface area (Å²) in [5, 5.41) is 11.6. The van der Waals surface area contributed by atoms with E-state index in [0.717, 1.165) is 36.8 Å². The zero-order chi connectivity index (χ0) is 14.8. The number of hydrogen-bond donors (Lipinski definition) is 1. The molecular formula is C16H14ClNO2S. The minimum atomic E-state index is -0.949. The molecule has 0 radical (unpaired) electrons. The van der Waals surface area contributed by atoms with Gasteiger partial charge in [0.15, 0.2) is 0 Å². The van der Waals surface area contributed by atoms with Crippen LogP contribution in [0.2, 0.25) is 5.02 Å². The summed E-state index contributed by atoms with van der Waals surface area (Å²) in [6.45, 7) is 1.76. The Morgan fingerprint density at radius 3 is 3.05 bits per heavy atom. The third-order valence-electron chi connectivity index (χ3n) is 3.55. The number of nitrogens with zero attached hydrogens (tertiary/aromatic N) is 1. The van der Waals surface area contributed by atoms with Crippen molar-refractivity contribution in [2.75, 3.05) is 11.4 Å². The van der Waals surface area contributed by atoms with E-state index in [2.05, 4.69) is 16.3 Å². The van der Waals surface area contributed by atoms with Crippen LogP contribution in [-0.4, -0.2) is 17.6 Å². The van der Waals surface area contributed by atoms with Crippen LogP contribution in [0.25, 0.3) is 6.08 Å². The highest BCUT2D eigenvalue weighted by Crippen LogP contribution is 2.32. The molecular weight excluding hydrogens is 306 g/mol. The van der Waals surface area contributed by atoms with Gasteiger partial charge in [0.2, 0.25) is 0 Å². The number of hydrogen-bond acceptors (Lipinski definition) is 3. The van der Waals surface area contributed by atoms with Crippen LogP contribution in [0.4, 0.5) is 5.69 Å². The van der Waals surface area contributed by atoms with E-state index in [1.807, 2.05) is 12.1 Å². The predicted molar refractivity (Wildman–Crippen MR) is 87.2 cm³/mol. The van der Waals surface area contributed by atoms with Crippen molar-refractivity contribution in [1.29, 1.82) is 0 Å². The number of halogens is 1. The van der Waals surface area contributed by atoms with Gasteiger partial charge in [0.05, 0.1) is 0 Å². The lowest BCUT2D eigenvalue weighted by atomic mass is 10.1. The molecule has 5 heteroatoms. The summed E-state index contributed by atoms with van der Waals surface area (Å²) in [5.74, 6) is -0.949. The molecule has 3 rings (SSSR count). The van der Waals surface area contributed by atoms with E-state index in [1.54, 1.807) is 23.5 Å². The van der Waals surface area contributed by atoms with Crippen molar-refractivity contribution in [3.8, 4) is 0 Å². The SMILES string of the molecule is O=C(O)/C=C/c1ccc(Cl)cc1N1CCc2sccc2C1. The molecule has 108 valence electrons. The molecule has 2 aromatic rings. The number of anilines is 1. The van der Waals surface area contributed by atoms with Crippen molar-refractivity contribution in [2.45, 2.75) is 13.0 Å². The molecule has 1 aliphatic heterocycles. The van der Waals surface area contributed by atoms with Crippen molar-refractivity contribution >= 4 is 40.7 Å². The van der Waals surface area contributed by atoms with E-state index >= 15 is 0 Å². The zero-order valence-corrected chi connectivity index (χ0v) is 12.8. The number of carboxylic acids is 1. The molecule has 0 unspecified atom stereocenters. The van der Waals surface area contributed by atoms with Crippen molar-refractivity contribution in [3.63, 3.8) is 0 Å². The molecule has 2 heterocycles. The normalized spacial score (nSPS) is 14.4. The number of thiophene rings is 1. The van der Waals surface area contributed by atoms with Gasteiger partial charge in [0.25, 0.3) is 0 Å². The van der Waals surface area contributed by atoms with Gasteiger partial charge < -0.3 is 10.0 Å². The highest BCUT2D eigenvalue weighted by Gasteiger charge is 2.19. The number of rotatable bonds is 3. The molecule has 0 fully saturated rings. The number of benzene rings is 1. The maximum Gasteiger partial charge on any atom is 0.328 e. The Morgan fingerprint density at radius 2 is 2.24 bits per heavy atom. The lowest BCUT2D eigenvalue weighted by Crippen LogP contribution is -2.29. The topological polar surface area (TPSA) is 40.5 Å². The van der Waals surface area contributed by atoms with Gasteiger partial charge in [-0.05, 0) is 47.2 Å². The van der Waals surface area contributed by atoms with Crippen LogP contribution >= 0.6 is 22.9 Å². The standard InChI is InChI=1S/C16H14ClNO2S/c17-13-3-1-11(2-4-16(19)20)14(9-13)18-7-5-15-12(10-18)6-8-21-15/h1-4,6,8-9H,5,7,10H2,(H,19,20)/b4-2+. The summed E-state index contributed by atoms with van der Waals surface area (Å²) in [4.78, 5) is 14.4. The van der Waals surface area contributed by atoms with Gasteiger partial charge in [-0.3, -0.25) is 0 Å². The summed E-state index contributed by atoms with van der Waals surface area (Å²) >= 11 is 7.91. The fourth-order valence-electron chi connectivity index (χ4n) is 2.55. The highest BCUT2D eigenvalue weighted by atomic mass is 35.5. The quantitative estimate of drug-likeness (QED) is 0.867. The smallest absolute Gasteiger partial charge is 0.328 e. The van der Waals surface area contributed by atoms with Crippen LogP contribution in [0, 0.1) is 0 Å². The molecule has 0 atom stereocenters. The Labute approximate surface area is 132 Å². The number of fused-ring (bicyclic) bond motifs is 1. The second-order valence-corrected chi connectivity index (χ2v) is 6.35. The summed E-state index contributed by atoms with van der Waals surface area (Å²) in [5.41, 5.74) is 3.21. The van der Waals surface area contributed by atoms with E-state index in [4.69, 9.17) is 16.7 Å². The average Bonchev–Trinajstić information content (AvgIpc) is 2.93. The van der Waals surface area contributed by atoms with Crippen LogP contribution < -0.4 is 4.90 Å². The van der Waals surface area contributed by atoms with E-state index in [-0.39, 0.29) is 0 Å². The number of aliphatic carboxylic acids is 1. The van der Waals surface area contributed by atoms with E-state index in [9.17, 15) is 4.79 Å². The van der Waals surface area contributed by atoms with Gasteiger partial charge in [-0.2, -0.15) is 0 Å². The Kier molecular flexibility index (Phi) is 3.99. The molecule has 1 aromatic carbocycles. The Balaban J connectivity index is 1.94. The first-order chi connectivity index (χ1) is 10.1. The van der Waals surface area contributed by atoms with E-state index in [0.29, 0.717) is 5.02 Å². The first-order valence-corrected chi connectivity index (χ1v) is 7.90. The highest BCUT2D eigenvalue weighted by molar-refractivity contribution is 7.10. The van der Waals surface area contributed by atoms with Gasteiger partial charge in [0, 0.05) is 34.8 Å². The van der Waals surface area contributed by atoms with E-state index < -0.39 is 5.97 Å². The summed E-state index contributed by atoms with van der Waals surface area (Å²) < 4.78 is 0. The summed E-state index contributed by atoms with van der Waals surface area (Å²) in [6.07, 6.45) is 3.80. The fraction of sp³-hybridized carbons (Fsp3) is 0.188. The molecule has 1 aliphatic rings. The van der Waals surface area contributed by atoms with Crippen molar-refractivity contribution in [3.05, 3.63) is 56.7 Å². The van der Waals surface area contributed by atoms with Crippen molar-refractivity contribution < 1.29 is 9.90 Å². The molecule has 0 spiro atoms. The van der Waals surface area contributed by atoms with Gasteiger partial charge in [0.1, 0.15) is 0 Å². The van der Waals surface area contributed by atoms with Gasteiger partial charge >= 0.3 is 5.97 Å². The molecule has 0 aliphatic carbocycles. The predicted octanol–water partition coefficient (Wildman–Crippen LogP) is 4.06. The van der Waals surface area contributed by atoms with Crippen LogP contribution in [0.5, 0.6) is 0 Å². The Morgan fingerprint density at radius 1 is 1.38 bits per heavy atom. The average molecular weight is 320 g/mol. The summed E-state index contributed by atoms with van der Waals surface area (Å²) in [6, 6.07) is 7.71. The lowest BCUT2D eigenvalue weighted by Gasteiger charge is -2.30. The molecule has 0 amide bonds.